The molecule has 0 bridgehead atoms. The summed E-state index contributed by atoms with van der Waals surface area (Å²) in [5.74, 6) is 0.0134. The molecule has 0 radical (unpaired) electrons. The summed E-state index contributed by atoms with van der Waals surface area (Å²) < 4.78 is 58.7. The number of carbonyl (C=O) groups excluding carboxylic acids is 1. The van der Waals surface area contributed by atoms with Gasteiger partial charge in [-0.2, -0.15) is 0 Å². The first-order chi connectivity index (χ1) is 49.3. The lowest BCUT2D eigenvalue weighted by Gasteiger charge is -2.48. The average Bonchev–Trinajstić information content (AvgIpc) is 0.787. The van der Waals surface area contributed by atoms with Gasteiger partial charge in [0.1, 0.15) is 24.4 Å². The zero-order valence-corrected chi connectivity index (χ0v) is 69.2. The van der Waals surface area contributed by atoms with Crippen molar-refractivity contribution in [2.24, 2.45) is 0 Å². The van der Waals surface area contributed by atoms with Crippen LogP contribution < -0.4 is 5.32 Å². The molecule has 4 aromatic rings. The summed E-state index contributed by atoms with van der Waals surface area (Å²) in [6.07, 6.45) is 42.6. The third-order valence-electron chi connectivity index (χ3n) is 22.2. The molecule has 0 spiro atoms. The fraction of sp³-hybridized carbons (Fsp3) is 0.722. The maximum absolute atomic E-state index is 15.1. The number of unbranched alkanes of at least 4 members (excludes halogenated alkanes) is 33. The first kappa shape index (κ1) is 89.1. The summed E-state index contributed by atoms with van der Waals surface area (Å²) in [6, 6.07) is 40.5. The smallest absolute Gasteiger partial charge is 0.220 e. The maximum atomic E-state index is 15.1. The van der Waals surface area contributed by atoms with Gasteiger partial charge in [0.15, 0.2) is 22.9 Å². The van der Waals surface area contributed by atoms with E-state index in [9.17, 15) is 0 Å². The zero-order valence-electron chi connectivity index (χ0n) is 67.2. The van der Waals surface area contributed by atoms with Gasteiger partial charge >= 0.3 is 0 Å². The van der Waals surface area contributed by atoms with Crippen molar-refractivity contribution in [3.63, 3.8) is 0 Å². The van der Waals surface area contributed by atoms with Crippen LogP contribution in [-0.2, 0) is 68.5 Å². The van der Waals surface area contributed by atoms with E-state index in [0.717, 1.165) is 60.8 Å². The van der Waals surface area contributed by atoms with Crippen LogP contribution in [0.2, 0.25) is 36.3 Å². The predicted molar refractivity (Wildman–Crippen MR) is 434 cm³/mol. The van der Waals surface area contributed by atoms with Crippen molar-refractivity contribution >= 4 is 22.5 Å². The molecule has 1 amide bonds. The van der Waals surface area contributed by atoms with Crippen molar-refractivity contribution in [3.8, 4) is 0 Å². The highest BCUT2D eigenvalue weighted by atomic mass is 28.4. The van der Waals surface area contributed by atoms with Crippen LogP contribution in [0.15, 0.2) is 121 Å². The first-order valence-corrected chi connectivity index (χ1v) is 47.6. The molecule has 1 heterocycles. The third-order valence-corrected chi connectivity index (χ3v) is 31.2. The number of amides is 1. The Morgan fingerprint density at radius 2 is 0.725 bits per heavy atom. The van der Waals surface area contributed by atoms with E-state index in [4.69, 9.17) is 37.3 Å². The molecule has 12 heteroatoms. The van der Waals surface area contributed by atoms with E-state index in [1.807, 2.05) is 72.8 Å². The van der Waals surface area contributed by atoms with E-state index in [-0.39, 0.29) is 41.9 Å². The van der Waals surface area contributed by atoms with E-state index in [0.29, 0.717) is 26.2 Å². The van der Waals surface area contributed by atoms with Crippen LogP contribution >= 0.6 is 0 Å². The Bertz CT molecular complexity index is 2640. The summed E-state index contributed by atoms with van der Waals surface area (Å²) in [6.45, 7) is 29.5. The normalized spacial score (nSPS) is 17.8. The SMILES string of the molecule is CCCCCCCCCCCCCCCCCCCCCCCCCC(=O)N[C@@H](CO[C@H]1OC(COCc2ccccc2)[C@H](OCc2ccccc2)C(OCc2ccccc2)C1OCc1ccccc1)[C@H](O[Si](C)(C)C(C)(C)C)[C@@H](CCCCCCCCCCCCCC)O[Si](C)(C)C(C)(C)C. The fourth-order valence-corrected chi connectivity index (χ4v) is 16.3. The second-order valence-electron chi connectivity index (χ2n) is 33.3. The molecule has 1 aliphatic heterocycles. The summed E-state index contributed by atoms with van der Waals surface area (Å²) in [5.41, 5.74) is 4.12. The summed E-state index contributed by atoms with van der Waals surface area (Å²) >= 11 is 0. The monoisotopic (exact) mass is 1450 g/mol. The highest BCUT2D eigenvalue weighted by Crippen LogP contribution is 2.43. The molecule has 1 aliphatic rings. The average molecular weight is 1450 g/mol. The molecule has 102 heavy (non-hydrogen) atoms. The molecular weight excluding hydrogens is 1300 g/mol. The van der Waals surface area contributed by atoms with E-state index in [1.54, 1.807) is 0 Å². The summed E-state index contributed by atoms with van der Waals surface area (Å²) in [5, 5.41) is 3.46. The molecule has 0 aromatic heterocycles. The number of nitrogens with one attached hydrogen (secondary N) is 1. The van der Waals surface area contributed by atoms with Gasteiger partial charge in [-0.15, -0.1) is 0 Å². The third kappa shape index (κ3) is 37.3. The number of hydrogen-bond donors (Lipinski definition) is 1. The molecule has 0 aliphatic carbocycles. The first-order valence-electron chi connectivity index (χ1n) is 41.8. The van der Waals surface area contributed by atoms with Crippen LogP contribution in [0.3, 0.4) is 0 Å². The van der Waals surface area contributed by atoms with E-state index in [1.165, 1.54) is 193 Å². The molecule has 5 rings (SSSR count). The number of carbonyl (C=O) groups is 1. The fourth-order valence-electron chi connectivity index (χ4n) is 13.6. The Balaban J connectivity index is 1.40. The molecule has 0 saturated carbocycles. The molecular formula is C90H151NO9Si2. The second kappa shape index (κ2) is 52.5. The van der Waals surface area contributed by atoms with Crippen LogP contribution in [-0.4, -0.2) is 84.7 Å². The van der Waals surface area contributed by atoms with Crippen molar-refractivity contribution < 1.29 is 42.1 Å². The Labute approximate surface area is 627 Å². The minimum absolute atomic E-state index is 0.0134. The molecule has 578 valence electrons. The molecule has 3 unspecified atom stereocenters. The summed E-state index contributed by atoms with van der Waals surface area (Å²) in [7, 11) is -5.04. The number of benzene rings is 4. The largest absolute Gasteiger partial charge is 0.411 e. The van der Waals surface area contributed by atoms with E-state index < -0.39 is 59.5 Å². The summed E-state index contributed by atoms with van der Waals surface area (Å²) in [4.78, 5) is 15.1. The standard InChI is InChI=1S/C90H151NO9Si2/c1-13-15-17-19-21-23-25-27-28-29-30-31-32-33-34-35-36-37-39-41-43-45-59-69-83(92)91-80(84(100-102(11,12)90(6,7)8)81(99-101(9,10)89(3,4)5)68-58-44-42-40-38-26-24-22-20-18-16-14-2)74-97-88-87(96-73-79-66-56-49-57-67-79)86(95-72-78-64-54-48-55-65-78)85(94-71-77-62-52-47-53-63-77)82(98-88)75-93-70-76-60-50-46-51-61-76/h46-57,60-67,80-82,84-88H,13-45,58-59,68-75H2,1-12H3,(H,91,92)/t80-,81+,82?,84-,85-,86?,87?,88-/m0/s1. The highest BCUT2D eigenvalue weighted by molar-refractivity contribution is 6.74. The Morgan fingerprint density at radius 1 is 0.402 bits per heavy atom. The van der Waals surface area contributed by atoms with Gasteiger partial charge in [0.05, 0.1) is 57.9 Å². The van der Waals surface area contributed by atoms with Crippen molar-refractivity contribution in [2.75, 3.05) is 13.2 Å². The number of hydrogen-bond acceptors (Lipinski definition) is 9. The topological polar surface area (TPSA) is 103 Å². The molecule has 8 atom stereocenters. The lowest BCUT2D eigenvalue weighted by atomic mass is 9.97. The van der Waals surface area contributed by atoms with Gasteiger partial charge in [-0.25, -0.2) is 0 Å². The number of ether oxygens (including phenoxy) is 6. The van der Waals surface area contributed by atoms with Gasteiger partial charge in [-0.1, -0.05) is 395 Å². The van der Waals surface area contributed by atoms with Crippen molar-refractivity contribution in [1.29, 1.82) is 0 Å². The minimum Gasteiger partial charge on any atom is -0.411 e. The van der Waals surface area contributed by atoms with Crippen LogP contribution in [0.25, 0.3) is 0 Å². The highest BCUT2D eigenvalue weighted by Gasteiger charge is 2.51. The Morgan fingerprint density at radius 3 is 1.10 bits per heavy atom. The zero-order chi connectivity index (χ0) is 73.4. The van der Waals surface area contributed by atoms with Gasteiger partial charge < -0.3 is 42.6 Å². The Hall–Kier alpha value is -3.54. The van der Waals surface area contributed by atoms with Crippen molar-refractivity contribution in [1.82, 2.24) is 5.32 Å². The van der Waals surface area contributed by atoms with Crippen LogP contribution in [0.1, 0.15) is 315 Å². The second-order valence-corrected chi connectivity index (χ2v) is 42.8. The van der Waals surface area contributed by atoms with Crippen molar-refractivity contribution in [2.45, 2.75) is 405 Å². The number of rotatable bonds is 60. The van der Waals surface area contributed by atoms with Crippen LogP contribution in [0.5, 0.6) is 0 Å². The lowest BCUT2D eigenvalue weighted by molar-refractivity contribution is -0.329. The van der Waals surface area contributed by atoms with Gasteiger partial charge in [0.2, 0.25) is 5.91 Å². The van der Waals surface area contributed by atoms with Crippen molar-refractivity contribution in [3.05, 3.63) is 144 Å². The predicted octanol–water partition coefficient (Wildman–Crippen LogP) is 25.4. The minimum atomic E-state index is -2.59. The van der Waals surface area contributed by atoms with Gasteiger partial charge in [-0.05, 0) is 71.4 Å². The molecule has 10 nitrogen and oxygen atoms in total. The lowest BCUT2D eigenvalue weighted by Crippen LogP contribution is -2.63. The van der Waals surface area contributed by atoms with Crippen LogP contribution in [0, 0.1) is 0 Å². The molecule has 1 saturated heterocycles. The van der Waals surface area contributed by atoms with E-state index >= 15 is 4.79 Å². The Kier molecular flexibility index (Phi) is 45.8. The van der Waals surface area contributed by atoms with E-state index in [2.05, 4.69) is 135 Å². The molecule has 1 fully saturated rings. The molecule has 4 aromatic carbocycles. The van der Waals surface area contributed by atoms with Crippen LogP contribution in [0.4, 0.5) is 0 Å². The quantitative estimate of drug-likeness (QED) is 0.0342. The maximum Gasteiger partial charge on any atom is 0.220 e. The molecule has 1 N–H and O–H groups in total. The van der Waals surface area contributed by atoms with Gasteiger partial charge in [-0.3, -0.25) is 4.79 Å². The van der Waals surface area contributed by atoms with Gasteiger partial charge in [0.25, 0.3) is 0 Å². The van der Waals surface area contributed by atoms with Gasteiger partial charge in [0, 0.05) is 6.42 Å².